The number of carbonyl (C=O) groups excluding carboxylic acids is 2. The molecule has 0 aliphatic carbocycles. The summed E-state index contributed by atoms with van der Waals surface area (Å²) >= 11 is 0. The largest absolute Gasteiger partial charge is 0.462 e. The van der Waals surface area contributed by atoms with Gasteiger partial charge >= 0.3 is 11.9 Å². The number of unbranched alkanes of at least 4 members (excludes halogenated alkanes) is 34. The second-order valence-electron chi connectivity index (χ2n) is 19.9. The van der Waals surface area contributed by atoms with E-state index in [-0.39, 0.29) is 25.2 Å². The van der Waals surface area contributed by atoms with Gasteiger partial charge in [-0.3, -0.25) is 9.59 Å². The lowest BCUT2D eigenvalue weighted by Gasteiger charge is -2.18. The average molecular weight is 952 g/mol. The molecule has 0 aromatic heterocycles. The van der Waals surface area contributed by atoms with Crippen molar-refractivity contribution in [2.45, 2.75) is 309 Å². The van der Waals surface area contributed by atoms with Crippen LogP contribution in [0, 0.1) is 0 Å². The van der Waals surface area contributed by atoms with E-state index in [0.29, 0.717) is 19.4 Å². The Kier molecular flexibility index (Phi) is 56.8. The molecule has 0 aliphatic heterocycles. The van der Waals surface area contributed by atoms with Crippen molar-refractivity contribution in [2.24, 2.45) is 0 Å². The zero-order chi connectivity index (χ0) is 49.2. The molecular weight excluding hydrogens is 837 g/mol. The van der Waals surface area contributed by atoms with E-state index in [1.54, 1.807) is 0 Å². The fraction of sp³-hybridized carbons (Fsp3) is 0.810. The summed E-state index contributed by atoms with van der Waals surface area (Å²) in [5, 5.41) is 0. The zero-order valence-corrected chi connectivity index (χ0v) is 45.6. The predicted molar refractivity (Wildman–Crippen MR) is 298 cm³/mol. The van der Waals surface area contributed by atoms with Gasteiger partial charge < -0.3 is 14.2 Å². The smallest absolute Gasteiger partial charge is 0.306 e. The van der Waals surface area contributed by atoms with Crippen molar-refractivity contribution in [3.63, 3.8) is 0 Å². The molecule has 0 amide bonds. The summed E-state index contributed by atoms with van der Waals surface area (Å²) in [4.78, 5) is 25.5. The quantitative estimate of drug-likeness (QED) is 0.0345. The van der Waals surface area contributed by atoms with Gasteiger partial charge in [0.1, 0.15) is 6.61 Å². The number of allylic oxidation sites excluding steroid dienone is 10. The summed E-state index contributed by atoms with van der Waals surface area (Å²) in [6.07, 6.45) is 75.3. The fourth-order valence-corrected chi connectivity index (χ4v) is 8.62. The molecular formula is C63H114O5. The van der Waals surface area contributed by atoms with Crippen LogP contribution in [0.25, 0.3) is 0 Å². The average Bonchev–Trinajstić information content (AvgIpc) is 3.34. The predicted octanol–water partition coefficient (Wildman–Crippen LogP) is 20.5. The molecule has 0 spiro atoms. The van der Waals surface area contributed by atoms with Gasteiger partial charge in [0.15, 0.2) is 6.10 Å². The molecule has 0 aromatic carbocycles. The number of hydrogen-bond acceptors (Lipinski definition) is 5. The molecule has 5 heteroatoms. The van der Waals surface area contributed by atoms with Crippen LogP contribution in [0.1, 0.15) is 303 Å². The van der Waals surface area contributed by atoms with Crippen molar-refractivity contribution in [3.05, 3.63) is 60.8 Å². The first kappa shape index (κ1) is 65.6. The molecule has 0 N–H and O–H groups in total. The van der Waals surface area contributed by atoms with Crippen molar-refractivity contribution in [3.8, 4) is 0 Å². The van der Waals surface area contributed by atoms with Crippen LogP contribution in [-0.4, -0.2) is 37.9 Å². The maximum Gasteiger partial charge on any atom is 0.306 e. The highest BCUT2D eigenvalue weighted by atomic mass is 16.6. The molecule has 0 aliphatic rings. The summed E-state index contributed by atoms with van der Waals surface area (Å²) in [7, 11) is 0. The number of carbonyl (C=O) groups is 2. The summed E-state index contributed by atoms with van der Waals surface area (Å²) in [6.45, 7) is 7.74. The van der Waals surface area contributed by atoms with Gasteiger partial charge in [0.2, 0.25) is 0 Å². The fourth-order valence-electron chi connectivity index (χ4n) is 8.62. The Labute approximate surface area is 424 Å². The minimum absolute atomic E-state index is 0.0790. The molecule has 0 aromatic rings. The molecule has 0 saturated carbocycles. The first-order chi connectivity index (χ1) is 33.6. The normalized spacial score (nSPS) is 12.6. The lowest BCUT2D eigenvalue weighted by atomic mass is 10.0. The van der Waals surface area contributed by atoms with Crippen LogP contribution in [-0.2, 0) is 23.8 Å². The maximum atomic E-state index is 12.9. The van der Waals surface area contributed by atoms with Gasteiger partial charge in [-0.1, -0.05) is 268 Å². The van der Waals surface area contributed by atoms with E-state index in [4.69, 9.17) is 14.2 Å². The molecule has 0 saturated heterocycles. The monoisotopic (exact) mass is 951 g/mol. The first-order valence-corrected chi connectivity index (χ1v) is 29.8. The Bertz CT molecular complexity index is 1170. The lowest BCUT2D eigenvalue weighted by Crippen LogP contribution is -2.30. The Balaban J connectivity index is 4.27. The van der Waals surface area contributed by atoms with Crippen molar-refractivity contribution in [1.82, 2.24) is 0 Å². The van der Waals surface area contributed by atoms with Gasteiger partial charge in [-0.05, 0) is 83.5 Å². The van der Waals surface area contributed by atoms with Gasteiger partial charge in [0.05, 0.1) is 6.61 Å². The summed E-state index contributed by atoms with van der Waals surface area (Å²) in [5.41, 5.74) is 0. The third-order valence-electron chi connectivity index (χ3n) is 13.0. The van der Waals surface area contributed by atoms with Crippen molar-refractivity contribution in [1.29, 1.82) is 0 Å². The van der Waals surface area contributed by atoms with Crippen LogP contribution in [0.3, 0.4) is 0 Å². The van der Waals surface area contributed by atoms with Crippen LogP contribution >= 0.6 is 0 Å². The summed E-state index contributed by atoms with van der Waals surface area (Å²) in [6, 6.07) is 0. The number of ether oxygens (including phenoxy) is 3. The molecule has 396 valence electrons. The summed E-state index contributed by atoms with van der Waals surface area (Å²) in [5.74, 6) is -0.400. The van der Waals surface area contributed by atoms with Crippen molar-refractivity contribution < 1.29 is 23.8 Å². The molecule has 0 rings (SSSR count). The van der Waals surface area contributed by atoms with Crippen LogP contribution in [0.15, 0.2) is 60.8 Å². The third-order valence-corrected chi connectivity index (χ3v) is 13.0. The van der Waals surface area contributed by atoms with E-state index < -0.39 is 6.10 Å². The van der Waals surface area contributed by atoms with Crippen LogP contribution < -0.4 is 0 Å². The molecule has 68 heavy (non-hydrogen) atoms. The molecule has 0 bridgehead atoms. The van der Waals surface area contributed by atoms with Gasteiger partial charge in [-0.15, -0.1) is 0 Å². The van der Waals surface area contributed by atoms with Gasteiger partial charge in [-0.2, -0.15) is 0 Å². The van der Waals surface area contributed by atoms with Crippen LogP contribution in [0.2, 0.25) is 0 Å². The Morgan fingerprint density at radius 1 is 0.338 bits per heavy atom. The topological polar surface area (TPSA) is 61.8 Å². The SMILES string of the molecule is CC/C=C\C/C=C\C/C=C\C/C=C\CCCCCCCCC(=O)OCC(COCCCCCCCCCC/C=C\CCCCCCCC)OC(=O)CCCCCCCCCCCCCCCCC. The number of esters is 2. The number of rotatable bonds is 55. The van der Waals surface area contributed by atoms with Crippen LogP contribution in [0.5, 0.6) is 0 Å². The minimum atomic E-state index is -0.543. The highest BCUT2D eigenvalue weighted by Crippen LogP contribution is 2.16. The molecule has 0 heterocycles. The maximum absolute atomic E-state index is 12.9. The third kappa shape index (κ3) is 56.2. The molecule has 0 radical (unpaired) electrons. The minimum Gasteiger partial charge on any atom is -0.462 e. The lowest BCUT2D eigenvalue weighted by molar-refractivity contribution is -0.163. The van der Waals surface area contributed by atoms with Gasteiger partial charge in [-0.25, -0.2) is 0 Å². The van der Waals surface area contributed by atoms with E-state index in [2.05, 4.69) is 81.5 Å². The van der Waals surface area contributed by atoms with Gasteiger partial charge in [0, 0.05) is 19.4 Å². The van der Waals surface area contributed by atoms with E-state index in [9.17, 15) is 9.59 Å². The first-order valence-electron chi connectivity index (χ1n) is 29.8. The second-order valence-corrected chi connectivity index (χ2v) is 19.9. The van der Waals surface area contributed by atoms with E-state index >= 15 is 0 Å². The Hall–Kier alpha value is -2.40. The standard InChI is InChI=1S/C63H114O5/c1-4-7-10-13-16-19-22-25-28-30-32-33-36-38-41-44-47-50-53-56-62(64)67-60-61(68-63(65)57-54-51-48-45-42-39-35-27-24-21-18-15-12-9-6-3)59-66-58-55-52-49-46-43-40-37-34-31-29-26-23-20-17-14-11-8-5-2/h7,10,16,19,25-26,28-29,32-33,61H,4-6,8-9,11-15,17-18,20-24,27,30-31,34-60H2,1-3H3/b10-7-,19-16-,28-25-,29-26-,33-32-. The van der Waals surface area contributed by atoms with Gasteiger partial charge in [0.25, 0.3) is 0 Å². The van der Waals surface area contributed by atoms with Crippen LogP contribution in [0.4, 0.5) is 0 Å². The highest BCUT2D eigenvalue weighted by molar-refractivity contribution is 5.70. The van der Waals surface area contributed by atoms with E-state index in [1.165, 1.54) is 193 Å². The molecule has 5 nitrogen and oxygen atoms in total. The van der Waals surface area contributed by atoms with E-state index in [0.717, 1.165) is 77.0 Å². The Morgan fingerprint density at radius 2 is 0.662 bits per heavy atom. The molecule has 1 atom stereocenters. The van der Waals surface area contributed by atoms with E-state index in [1.807, 2.05) is 0 Å². The number of hydrogen-bond donors (Lipinski definition) is 0. The molecule has 1 unspecified atom stereocenters. The summed E-state index contributed by atoms with van der Waals surface area (Å²) < 4.78 is 17.5. The zero-order valence-electron chi connectivity index (χ0n) is 45.6. The highest BCUT2D eigenvalue weighted by Gasteiger charge is 2.17. The second kappa shape index (κ2) is 58.9. The Morgan fingerprint density at radius 3 is 1.07 bits per heavy atom. The van der Waals surface area contributed by atoms with Crippen molar-refractivity contribution >= 4 is 11.9 Å². The van der Waals surface area contributed by atoms with Crippen molar-refractivity contribution in [2.75, 3.05) is 19.8 Å². The molecule has 0 fully saturated rings.